The van der Waals surface area contributed by atoms with E-state index in [1.165, 1.54) is 0 Å². The van der Waals surface area contributed by atoms with Crippen molar-refractivity contribution >= 4 is 17.4 Å². The standard InChI is InChI=1S/C13H21ClN4O/c1-4-9-8-18(10(5-2)6-15-9)12-11(14)7-16-13(17-12)19-3/h7,9-10,15H,4-6,8H2,1-3H3. The van der Waals surface area contributed by atoms with E-state index in [0.717, 1.165) is 31.7 Å². The minimum absolute atomic E-state index is 0.362. The van der Waals surface area contributed by atoms with Gasteiger partial charge in [-0.25, -0.2) is 4.98 Å². The van der Waals surface area contributed by atoms with Crippen molar-refractivity contribution in [2.24, 2.45) is 0 Å². The monoisotopic (exact) mass is 284 g/mol. The lowest BCUT2D eigenvalue weighted by Gasteiger charge is -2.41. The van der Waals surface area contributed by atoms with Crippen molar-refractivity contribution in [2.75, 3.05) is 25.1 Å². The number of aromatic nitrogens is 2. The Morgan fingerprint density at radius 1 is 1.47 bits per heavy atom. The lowest BCUT2D eigenvalue weighted by atomic mass is 10.1. The highest BCUT2D eigenvalue weighted by molar-refractivity contribution is 6.32. The van der Waals surface area contributed by atoms with Crippen LogP contribution in [0.25, 0.3) is 0 Å². The van der Waals surface area contributed by atoms with Gasteiger partial charge in [-0.1, -0.05) is 25.4 Å². The average Bonchev–Trinajstić information content (AvgIpc) is 2.47. The molecule has 5 nitrogen and oxygen atoms in total. The van der Waals surface area contributed by atoms with Crippen LogP contribution in [0.1, 0.15) is 26.7 Å². The van der Waals surface area contributed by atoms with Gasteiger partial charge in [0.25, 0.3) is 0 Å². The summed E-state index contributed by atoms with van der Waals surface area (Å²) in [4.78, 5) is 10.7. The van der Waals surface area contributed by atoms with Gasteiger partial charge in [-0.2, -0.15) is 4.98 Å². The molecule has 2 unspecified atom stereocenters. The predicted molar refractivity (Wildman–Crippen MR) is 77.1 cm³/mol. The quantitative estimate of drug-likeness (QED) is 0.918. The van der Waals surface area contributed by atoms with Crippen LogP contribution in [-0.4, -0.2) is 42.3 Å². The van der Waals surface area contributed by atoms with Crippen LogP contribution < -0.4 is 15.0 Å². The zero-order valence-corrected chi connectivity index (χ0v) is 12.4. The number of methoxy groups -OCH3 is 1. The van der Waals surface area contributed by atoms with Gasteiger partial charge >= 0.3 is 6.01 Å². The molecule has 0 spiro atoms. The van der Waals surface area contributed by atoms with Crippen LogP contribution in [0.2, 0.25) is 5.02 Å². The Balaban J connectivity index is 2.30. The number of anilines is 1. The molecule has 1 fully saturated rings. The maximum Gasteiger partial charge on any atom is 0.318 e. The van der Waals surface area contributed by atoms with E-state index in [1.54, 1.807) is 13.3 Å². The first-order chi connectivity index (χ1) is 9.19. The van der Waals surface area contributed by atoms with Crippen molar-refractivity contribution < 1.29 is 4.74 Å². The van der Waals surface area contributed by atoms with Crippen LogP contribution in [-0.2, 0) is 0 Å². The lowest BCUT2D eigenvalue weighted by Crippen LogP contribution is -2.56. The van der Waals surface area contributed by atoms with Gasteiger partial charge in [0.15, 0.2) is 5.82 Å². The Bertz CT molecular complexity index is 429. The maximum atomic E-state index is 6.26. The van der Waals surface area contributed by atoms with Gasteiger partial charge in [0.2, 0.25) is 0 Å². The van der Waals surface area contributed by atoms with E-state index < -0.39 is 0 Å². The third-order valence-corrected chi connectivity index (χ3v) is 3.89. The first kappa shape index (κ1) is 14.3. The smallest absolute Gasteiger partial charge is 0.318 e. The fourth-order valence-electron chi connectivity index (χ4n) is 2.40. The van der Waals surface area contributed by atoms with Crippen LogP contribution >= 0.6 is 11.6 Å². The normalized spacial score (nSPS) is 23.5. The molecule has 0 radical (unpaired) electrons. The number of ether oxygens (including phenoxy) is 1. The molecule has 0 aromatic carbocycles. The van der Waals surface area contributed by atoms with E-state index >= 15 is 0 Å². The van der Waals surface area contributed by atoms with Crippen molar-refractivity contribution in [1.29, 1.82) is 0 Å². The van der Waals surface area contributed by atoms with E-state index in [-0.39, 0.29) is 0 Å². The van der Waals surface area contributed by atoms with Crippen molar-refractivity contribution in [3.8, 4) is 6.01 Å². The molecular weight excluding hydrogens is 264 g/mol. The Morgan fingerprint density at radius 3 is 2.89 bits per heavy atom. The van der Waals surface area contributed by atoms with Crippen LogP contribution in [0.5, 0.6) is 6.01 Å². The fourth-order valence-corrected chi connectivity index (χ4v) is 2.60. The molecule has 1 aliphatic rings. The molecule has 1 aromatic rings. The van der Waals surface area contributed by atoms with Gasteiger partial charge in [0.05, 0.1) is 13.3 Å². The molecule has 0 aliphatic carbocycles. The van der Waals surface area contributed by atoms with Crippen molar-refractivity contribution in [1.82, 2.24) is 15.3 Å². The molecule has 2 rings (SSSR count). The van der Waals surface area contributed by atoms with Gasteiger partial charge in [-0.15, -0.1) is 0 Å². The van der Waals surface area contributed by atoms with Gasteiger partial charge in [0, 0.05) is 25.2 Å². The first-order valence-electron chi connectivity index (χ1n) is 6.76. The van der Waals surface area contributed by atoms with E-state index in [4.69, 9.17) is 16.3 Å². The lowest BCUT2D eigenvalue weighted by molar-refractivity contribution is 0.365. The number of hydrogen-bond acceptors (Lipinski definition) is 5. The summed E-state index contributed by atoms with van der Waals surface area (Å²) in [6, 6.07) is 1.24. The zero-order valence-electron chi connectivity index (χ0n) is 11.7. The molecule has 1 aromatic heterocycles. The second kappa shape index (κ2) is 6.39. The summed E-state index contributed by atoms with van der Waals surface area (Å²) in [5, 5.41) is 4.14. The van der Waals surface area contributed by atoms with Crippen molar-refractivity contribution in [3.63, 3.8) is 0 Å². The molecular formula is C13H21ClN4O. The summed E-state index contributed by atoms with van der Waals surface area (Å²) in [6.07, 6.45) is 3.75. The number of piperazine rings is 1. The topological polar surface area (TPSA) is 50.3 Å². The van der Waals surface area contributed by atoms with E-state index in [2.05, 4.69) is 34.0 Å². The van der Waals surface area contributed by atoms with Crippen LogP contribution in [0, 0.1) is 0 Å². The van der Waals surface area contributed by atoms with E-state index in [9.17, 15) is 0 Å². The van der Waals surface area contributed by atoms with Crippen molar-refractivity contribution in [2.45, 2.75) is 38.8 Å². The number of nitrogens with zero attached hydrogens (tertiary/aromatic N) is 3. The molecule has 6 heteroatoms. The van der Waals surface area contributed by atoms with Gasteiger partial charge in [-0.3, -0.25) is 0 Å². The number of rotatable bonds is 4. The molecule has 2 atom stereocenters. The second-order valence-electron chi connectivity index (χ2n) is 4.76. The average molecular weight is 285 g/mol. The highest BCUT2D eigenvalue weighted by Crippen LogP contribution is 2.28. The summed E-state index contributed by atoms with van der Waals surface area (Å²) >= 11 is 6.26. The second-order valence-corrected chi connectivity index (χ2v) is 5.16. The molecule has 0 amide bonds. The minimum Gasteiger partial charge on any atom is -0.467 e. The first-order valence-corrected chi connectivity index (χ1v) is 7.13. The summed E-state index contributed by atoms with van der Waals surface area (Å²) in [5.74, 6) is 0.778. The fraction of sp³-hybridized carbons (Fsp3) is 0.692. The van der Waals surface area contributed by atoms with Crippen LogP contribution in [0.15, 0.2) is 6.20 Å². The Labute approximate surface area is 119 Å². The number of nitrogens with one attached hydrogen (secondary N) is 1. The number of hydrogen-bond donors (Lipinski definition) is 1. The Kier molecular flexibility index (Phi) is 4.82. The van der Waals surface area contributed by atoms with E-state index in [1.807, 2.05) is 0 Å². The highest BCUT2D eigenvalue weighted by Gasteiger charge is 2.28. The van der Waals surface area contributed by atoms with Gasteiger partial charge < -0.3 is 15.0 Å². The zero-order chi connectivity index (χ0) is 13.8. The van der Waals surface area contributed by atoms with Crippen LogP contribution in [0.3, 0.4) is 0 Å². The highest BCUT2D eigenvalue weighted by atomic mass is 35.5. The predicted octanol–water partition coefficient (Wildman–Crippen LogP) is 2.11. The molecule has 106 valence electrons. The molecule has 1 aliphatic heterocycles. The Morgan fingerprint density at radius 2 is 2.26 bits per heavy atom. The SMILES string of the molecule is CCC1CN(c2nc(OC)ncc2Cl)C(CC)CN1. The third-order valence-electron chi connectivity index (χ3n) is 3.62. The summed E-state index contributed by atoms with van der Waals surface area (Å²) in [7, 11) is 1.57. The van der Waals surface area contributed by atoms with E-state index in [0.29, 0.717) is 23.1 Å². The van der Waals surface area contributed by atoms with Gasteiger partial charge in [0.1, 0.15) is 5.02 Å². The Hall–Kier alpha value is -1.07. The molecule has 1 saturated heterocycles. The summed E-state index contributed by atoms with van der Waals surface area (Å²) in [6.45, 7) is 6.23. The molecule has 1 N–H and O–H groups in total. The molecule has 2 heterocycles. The van der Waals surface area contributed by atoms with Crippen LogP contribution in [0.4, 0.5) is 5.82 Å². The van der Waals surface area contributed by atoms with Gasteiger partial charge in [-0.05, 0) is 12.8 Å². The van der Waals surface area contributed by atoms with Crippen molar-refractivity contribution in [3.05, 3.63) is 11.2 Å². The molecule has 0 bridgehead atoms. The maximum absolute atomic E-state index is 6.26. The summed E-state index contributed by atoms with van der Waals surface area (Å²) in [5.41, 5.74) is 0. The molecule has 0 saturated carbocycles. The third kappa shape index (κ3) is 3.09. The minimum atomic E-state index is 0.362. The summed E-state index contributed by atoms with van der Waals surface area (Å²) < 4.78 is 5.10. The largest absolute Gasteiger partial charge is 0.467 e. The number of halogens is 1. The molecule has 19 heavy (non-hydrogen) atoms.